The third-order valence-electron chi connectivity index (χ3n) is 2.38. The molecule has 0 fully saturated rings. The first-order valence-electron chi connectivity index (χ1n) is 4.89. The van der Waals surface area contributed by atoms with Crippen molar-refractivity contribution >= 4 is 11.8 Å². The van der Waals surface area contributed by atoms with Crippen LogP contribution in [0.4, 0.5) is 0 Å². The zero-order valence-electron chi connectivity index (χ0n) is 9.08. The minimum absolute atomic E-state index is 0.303. The molecular formula is C12H18OS. The van der Waals surface area contributed by atoms with Crippen LogP contribution >= 0.6 is 11.8 Å². The second-order valence-electron chi connectivity index (χ2n) is 3.66. The van der Waals surface area contributed by atoms with E-state index in [1.165, 1.54) is 11.1 Å². The first-order valence-corrected chi connectivity index (χ1v) is 6.28. The number of aryl methyl sites for hydroxylation is 2. The Kier molecular flexibility index (Phi) is 4.49. The van der Waals surface area contributed by atoms with Gasteiger partial charge < -0.3 is 5.11 Å². The van der Waals surface area contributed by atoms with E-state index in [2.05, 4.69) is 32.2 Å². The maximum absolute atomic E-state index is 9.91. The van der Waals surface area contributed by atoms with Crippen LogP contribution in [0.2, 0.25) is 0 Å². The maximum atomic E-state index is 9.91. The summed E-state index contributed by atoms with van der Waals surface area (Å²) in [6, 6.07) is 6.22. The first kappa shape index (κ1) is 11.6. The van der Waals surface area contributed by atoms with E-state index in [1.807, 2.05) is 6.07 Å². The summed E-state index contributed by atoms with van der Waals surface area (Å²) in [5.74, 6) is 1.01. The minimum atomic E-state index is -0.303. The molecular weight excluding hydrogens is 192 g/mol. The molecule has 1 nitrogen and oxygen atoms in total. The van der Waals surface area contributed by atoms with Crippen LogP contribution in [0.3, 0.4) is 0 Å². The van der Waals surface area contributed by atoms with Crippen molar-refractivity contribution in [1.29, 1.82) is 0 Å². The fourth-order valence-corrected chi connectivity index (χ4v) is 2.04. The van der Waals surface area contributed by atoms with Crippen molar-refractivity contribution in [3.8, 4) is 0 Å². The summed E-state index contributed by atoms with van der Waals surface area (Å²) < 4.78 is 0. The maximum Gasteiger partial charge on any atom is 0.0800 e. The third-order valence-corrected chi connectivity index (χ3v) is 3.02. The van der Waals surface area contributed by atoms with E-state index < -0.39 is 0 Å². The average molecular weight is 210 g/mol. The van der Waals surface area contributed by atoms with E-state index in [-0.39, 0.29) is 6.10 Å². The van der Waals surface area contributed by atoms with Gasteiger partial charge in [0.2, 0.25) is 0 Å². The monoisotopic (exact) mass is 210 g/mol. The van der Waals surface area contributed by atoms with E-state index in [1.54, 1.807) is 11.8 Å². The lowest BCUT2D eigenvalue weighted by Gasteiger charge is -2.13. The van der Waals surface area contributed by atoms with Crippen LogP contribution in [-0.2, 0) is 0 Å². The largest absolute Gasteiger partial charge is 0.388 e. The number of thioether (sulfide) groups is 1. The van der Waals surface area contributed by atoms with Gasteiger partial charge >= 0.3 is 0 Å². The molecule has 1 aromatic carbocycles. The van der Waals surface area contributed by atoms with Crippen molar-refractivity contribution < 1.29 is 5.11 Å². The van der Waals surface area contributed by atoms with Gasteiger partial charge in [-0.2, -0.15) is 11.8 Å². The number of aliphatic hydroxyl groups excluding tert-OH is 1. The van der Waals surface area contributed by atoms with E-state index in [4.69, 9.17) is 0 Å². The van der Waals surface area contributed by atoms with Gasteiger partial charge in [-0.15, -0.1) is 0 Å². The predicted octanol–water partition coefficient (Wildman–Crippen LogP) is 3.09. The summed E-state index contributed by atoms with van der Waals surface area (Å²) in [6.07, 6.45) is 2.60. The quantitative estimate of drug-likeness (QED) is 0.824. The van der Waals surface area contributed by atoms with Crippen molar-refractivity contribution in [3.63, 3.8) is 0 Å². The molecule has 0 heterocycles. The van der Waals surface area contributed by atoms with Crippen LogP contribution in [-0.4, -0.2) is 17.1 Å². The van der Waals surface area contributed by atoms with E-state index in [0.29, 0.717) is 0 Å². The average Bonchev–Trinajstić information content (AvgIpc) is 2.14. The zero-order chi connectivity index (χ0) is 10.6. The number of rotatable bonds is 4. The number of hydrogen-bond acceptors (Lipinski definition) is 2. The Balaban J connectivity index is 2.74. The van der Waals surface area contributed by atoms with Crippen LogP contribution in [0.1, 0.15) is 29.2 Å². The molecule has 0 radical (unpaired) electrons. The zero-order valence-corrected chi connectivity index (χ0v) is 9.90. The molecule has 0 aromatic heterocycles. The summed E-state index contributed by atoms with van der Waals surface area (Å²) in [6.45, 7) is 4.13. The van der Waals surface area contributed by atoms with Crippen LogP contribution in [0.15, 0.2) is 18.2 Å². The summed E-state index contributed by atoms with van der Waals surface area (Å²) in [5, 5.41) is 9.91. The Morgan fingerprint density at radius 2 is 2.07 bits per heavy atom. The molecule has 2 heteroatoms. The Morgan fingerprint density at radius 1 is 1.36 bits per heavy atom. The van der Waals surface area contributed by atoms with Crippen LogP contribution in [0, 0.1) is 13.8 Å². The Bertz CT molecular complexity index is 296. The molecule has 14 heavy (non-hydrogen) atoms. The Labute approximate surface area is 90.5 Å². The molecule has 1 atom stereocenters. The SMILES string of the molecule is CSCCC(O)c1ccc(C)cc1C. The Hall–Kier alpha value is -0.470. The minimum Gasteiger partial charge on any atom is -0.388 e. The fourth-order valence-electron chi connectivity index (χ4n) is 1.58. The molecule has 0 aliphatic carbocycles. The molecule has 0 bridgehead atoms. The smallest absolute Gasteiger partial charge is 0.0800 e. The van der Waals surface area contributed by atoms with Gasteiger partial charge in [0.05, 0.1) is 6.10 Å². The van der Waals surface area contributed by atoms with Crippen LogP contribution in [0.25, 0.3) is 0 Å². The number of hydrogen-bond donors (Lipinski definition) is 1. The van der Waals surface area contributed by atoms with Gasteiger partial charge in [-0.3, -0.25) is 0 Å². The topological polar surface area (TPSA) is 20.2 Å². The van der Waals surface area contributed by atoms with Gasteiger partial charge in [0.15, 0.2) is 0 Å². The van der Waals surface area contributed by atoms with Gasteiger partial charge in [0.25, 0.3) is 0 Å². The molecule has 0 aliphatic heterocycles. The van der Waals surface area contributed by atoms with Gasteiger partial charge in [0, 0.05) is 0 Å². The van der Waals surface area contributed by atoms with Gasteiger partial charge in [-0.05, 0) is 43.4 Å². The molecule has 1 unspecified atom stereocenters. The molecule has 0 saturated carbocycles. The molecule has 1 aromatic rings. The highest BCUT2D eigenvalue weighted by molar-refractivity contribution is 7.98. The highest BCUT2D eigenvalue weighted by Gasteiger charge is 2.09. The lowest BCUT2D eigenvalue weighted by Crippen LogP contribution is -2.01. The van der Waals surface area contributed by atoms with Gasteiger partial charge in [-0.25, -0.2) is 0 Å². The molecule has 1 N–H and O–H groups in total. The second-order valence-corrected chi connectivity index (χ2v) is 4.64. The molecule has 1 rings (SSSR count). The fraction of sp³-hybridized carbons (Fsp3) is 0.500. The molecule has 78 valence electrons. The van der Waals surface area contributed by atoms with E-state index in [9.17, 15) is 5.11 Å². The first-order chi connectivity index (χ1) is 6.65. The normalized spacial score (nSPS) is 12.9. The van der Waals surface area contributed by atoms with Gasteiger partial charge in [0.1, 0.15) is 0 Å². The predicted molar refractivity (Wildman–Crippen MR) is 63.9 cm³/mol. The lowest BCUT2D eigenvalue weighted by molar-refractivity contribution is 0.174. The second kappa shape index (κ2) is 5.42. The van der Waals surface area contributed by atoms with Crippen molar-refractivity contribution in [1.82, 2.24) is 0 Å². The molecule has 0 aliphatic rings. The van der Waals surface area contributed by atoms with E-state index in [0.717, 1.165) is 17.7 Å². The summed E-state index contributed by atoms with van der Waals surface area (Å²) in [7, 11) is 0. The standard InChI is InChI=1S/C12H18OS/c1-9-4-5-11(10(2)8-9)12(13)6-7-14-3/h4-5,8,12-13H,6-7H2,1-3H3. The number of benzene rings is 1. The van der Waals surface area contributed by atoms with Crippen LogP contribution in [0.5, 0.6) is 0 Å². The van der Waals surface area contributed by atoms with Crippen molar-refractivity contribution in [2.24, 2.45) is 0 Å². The van der Waals surface area contributed by atoms with E-state index >= 15 is 0 Å². The van der Waals surface area contributed by atoms with Gasteiger partial charge in [-0.1, -0.05) is 23.8 Å². The highest BCUT2D eigenvalue weighted by Crippen LogP contribution is 2.22. The summed E-state index contributed by atoms with van der Waals surface area (Å²) in [4.78, 5) is 0. The molecule has 0 amide bonds. The Morgan fingerprint density at radius 3 is 2.64 bits per heavy atom. The van der Waals surface area contributed by atoms with Crippen molar-refractivity contribution in [2.45, 2.75) is 26.4 Å². The number of aliphatic hydroxyl groups is 1. The third kappa shape index (κ3) is 3.03. The molecule has 0 saturated heterocycles. The van der Waals surface area contributed by atoms with Crippen molar-refractivity contribution in [3.05, 3.63) is 34.9 Å². The van der Waals surface area contributed by atoms with Crippen LogP contribution < -0.4 is 0 Å². The summed E-state index contributed by atoms with van der Waals surface area (Å²) in [5.41, 5.74) is 3.52. The highest BCUT2D eigenvalue weighted by atomic mass is 32.2. The summed E-state index contributed by atoms with van der Waals surface area (Å²) >= 11 is 1.77. The lowest BCUT2D eigenvalue weighted by atomic mass is 10.00. The van der Waals surface area contributed by atoms with Crippen molar-refractivity contribution in [2.75, 3.05) is 12.0 Å². The molecule has 0 spiro atoms.